The molecule has 3 amide bonds. The summed E-state index contributed by atoms with van der Waals surface area (Å²) in [6, 6.07) is 11.9. The molecule has 8 heteroatoms. The van der Waals surface area contributed by atoms with E-state index in [-0.39, 0.29) is 23.3 Å². The molecule has 3 rings (SSSR count). The highest BCUT2D eigenvalue weighted by molar-refractivity contribution is 5.97. The molecule has 0 bridgehead atoms. The molecule has 1 heterocycles. The lowest BCUT2D eigenvalue weighted by Crippen LogP contribution is -2.54. The Bertz CT molecular complexity index is 972. The molecule has 0 aromatic heterocycles. The van der Waals surface area contributed by atoms with Gasteiger partial charge in [-0.3, -0.25) is 14.4 Å². The molecule has 0 radical (unpaired) electrons. The number of nitrogens with zero attached hydrogens (tertiary/aromatic N) is 1. The van der Waals surface area contributed by atoms with Crippen molar-refractivity contribution in [2.24, 2.45) is 5.92 Å². The number of hydrogen-bond acceptors (Lipinski definition) is 4. The number of nitrogens with one attached hydrogen (secondary N) is 2. The van der Waals surface area contributed by atoms with Gasteiger partial charge in [0, 0.05) is 37.9 Å². The van der Waals surface area contributed by atoms with Gasteiger partial charge in [-0.15, -0.1) is 0 Å². The van der Waals surface area contributed by atoms with Crippen molar-refractivity contribution in [2.45, 2.75) is 25.8 Å². The number of likely N-dealkylation sites (tertiary alicyclic amines) is 1. The molecule has 2 N–H and O–H groups in total. The van der Waals surface area contributed by atoms with Gasteiger partial charge in [0.1, 0.15) is 11.9 Å². The second-order valence-corrected chi connectivity index (χ2v) is 8.24. The minimum absolute atomic E-state index is 0.0337. The van der Waals surface area contributed by atoms with Crippen LogP contribution < -0.4 is 10.6 Å². The SMILES string of the molecule is COCCNC(=O)C(NC(=O)c1ccc(F)cc1)C1CCN(C(=O)c2cccc(C)c2)CC1. The van der Waals surface area contributed by atoms with Gasteiger partial charge in [-0.25, -0.2) is 4.39 Å². The zero-order valence-electron chi connectivity index (χ0n) is 19.0. The Morgan fingerprint density at radius 2 is 1.79 bits per heavy atom. The van der Waals surface area contributed by atoms with Crippen LogP contribution in [0.4, 0.5) is 4.39 Å². The highest BCUT2D eigenvalue weighted by Crippen LogP contribution is 2.23. The minimum Gasteiger partial charge on any atom is -0.383 e. The maximum absolute atomic E-state index is 13.2. The summed E-state index contributed by atoms with van der Waals surface area (Å²) in [5.74, 6) is -1.36. The number of benzene rings is 2. The summed E-state index contributed by atoms with van der Waals surface area (Å²) in [5, 5.41) is 5.61. The van der Waals surface area contributed by atoms with Crippen molar-refractivity contribution in [3.05, 3.63) is 71.0 Å². The fraction of sp³-hybridized carbons (Fsp3) is 0.400. The van der Waals surface area contributed by atoms with Crippen molar-refractivity contribution in [2.75, 3.05) is 33.4 Å². The summed E-state index contributed by atoms with van der Waals surface area (Å²) in [6.07, 6.45) is 1.15. The summed E-state index contributed by atoms with van der Waals surface area (Å²) >= 11 is 0. The fourth-order valence-electron chi connectivity index (χ4n) is 4.01. The van der Waals surface area contributed by atoms with Crippen LogP contribution in [0.15, 0.2) is 48.5 Å². The number of hydrogen-bond donors (Lipinski definition) is 2. The van der Waals surface area contributed by atoms with Crippen molar-refractivity contribution in [3.63, 3.8) is 0 Å². The van der Waals surface area contributed by atoms with E-state index >= 15 is 0 Å². The van der Waals surface area contributed by atoms with E-state index in [1.54, 1.807) is 18.1 Å². The number of halogens is 1. The first-order chi connectivity index (χ1) is 15.9. The van der Waals surface area contributed by atoms with Crippen LogP contribution >= 0.6 is 0 Å². The van der Waals surface area contributed by atoms with Gasteiger partial charge in [-0.1, -0.05) is 17.7 Å². The normalized spacial score (nSPS) is 15.1. The van der Waals surface area contributed by atoms with Gasteiger partial charge in [-0.05, 0) is 62.1 Å². The van der Waals surface area contributed by atoms with E-state index in [0.717, 1.165) is 5.56 Å². The Morgan fingerprint density at radius 1 is 1.09 bits per heavy atom. The molecule has 0 spiro atoms. The number of aryl methyl sites for hydroxylation is 1. The molecule has 1 aliphatic rings. The number of carbonyl (C=O) groups is 3. The summed E-state index contributed by atoms with van der Waals surface area (Å²) in [6.45, 7) is 3.60. The van der Waals surface area contributed by atoms with E-state index in [9.17, 15) is 18.8 Å². The monoisotopic (exact) mass is 455 g/mol. The number of rotatable bonds is 8. The van der Waals surface area contributed by atoms with Crippen LogP contribution in [0.3, 0.4) is 0 Å². The standard InChI is InChI=1S/C25H30FN3O4/c1-17-4-3-5-20(16-17)25(32)29-13-10-18(11-14-29)22(24(31)27-12-15-33-2)28-23(30)19-6-8-21(26)9-7-19/h3-9,16,18,22H,10-15H2,1-2H3,(H,27,31)(H,28,30). The third-order valence-electron chi connectivity index (χ3n) is 5.84. The van der Waals surface area contributed by atoms with Crippen LogP contribution in [-0.4, -0.2) is 62.0 Å². The minimum atomic E-state index is -0.768. The quantitative estimate of drug-likeness (QED) is 0.599. The van der Waals surface area contributed by atoms with Gasteiger partial charge in [-0.2, -0.15) is 0 Å². The molecule has 7 nitrogen and oxygen atoms in total. The smallest absolute Gasteiger partial charge is 0.253 e. The number of amides is 3. The Labute approximate surface area is 193 Å². The van der Waals surface area contributed by atoms with Crippen molar-refractivity contribution in [1.29, 1.82) is 0 Å². The van der Waals surface area contributed by atoms with Gasteiger partial charge < -0.3 is 20.3 Å². The lowest BCUT2D eigenvalue weighted by molar-refractivity contribution is -0.124. The molecule has 1 fully saturated rings. The van der Waals surface area contributed by atoms with Crippen molar-refractivity contribution in [1.82, 2.24) is 15.5 Å². The first kappa shape index (κ1) is 24.4. The summed E-state index contributed by atoms with van der Waals surface area (Å²) in [5.41, 5.74) is 1.94. The molecule has 1 atom stereocenters. The number of ether oxygens (including phenoxy) is 1. The van der Waals surface area contributed by atoms with E-state index in [1.165, 1.54) is 24.3 Å². The van der Waals surface area contributed by atoms with Crippen molar-refractivity contribution >= 4 is 17.7 Å². The van der Waals surface area contributed by atoms with Crippen LogP contribution in [0.25, 0.3) is 0 Å². The molecular weight excluding hydrogens is 425 g/mol. The second-order valence-electron chi connectivity index (χ2n) is 8.24. The first-order valence-electron chi connectivity index (χ1n) is 11.1. The highest BCUT2D eigenvalue weighted by Gasteiger charge is 2.34. The van der Waals surface area contributed by atoms with Crippen LogP contribution in [0.1, 0.15) is 39.1 Å². The molecule has 1 unspecified atom stereocenters. The van der Waals surface area contributed by atoms with Gasteiger partial charge in [0.05, 0.1) is 6.61 Å². The van der Waals surface area contributed by atoms with Crippen molar-refractivity contribution in [3.8, 4) is 0 Å². The average molecular weight is 456 g/mol. The lowest BCUT2D eigenvalue weighted by atomic mass is 9.88. The molecule has 33 heavy (non-hydrogen) atoms. The number of methoxy groups -OCH3 is 1. The molecule has 1 aliphatic heterocycles. The summed E-state index contributed by atoms with van der Waals surface area (Å²) in [4.78, 5) is 40.3. The predicted octanol–water partition coefficient (Wildman–Crippen LogP) is 2.55. The average Bonchev–Trinajstić information content (AvgIpc) is 2.82. The second kappa shape index (κ2) is 11.6. The number of carbonyl (C=O) groups excluding carboxylic acids is 3. The first-order valence-corrected chi connectivity index (χ1v) is 11.1. The molecule has 176 valence electrons. The van der Waals surface area contributed by atoms with Gasteiger partial charge in [0.2, 0.25) is 5.91 Å². The van der Waals surface area contributed by atoms with Crippen LogP contribution in [0.2, 0.25) is 0 Å². The van der Waals surface area contributed by atoms with E-state index < -0.39 is 17.8 Å². The summed E-state index contributed by atoms with van der Waals surface area (Å²) in [7, 11) is 1.54. The fourth-order valence-corrected chi connectivity index (χ4v) is 4.01. The number of piperidine rings is 1. The van der Waals surface area contributed by atoms with E-state index in [1.807, 2.05) is 25.1 Å². The van der Waals surface area contributed by atoms with Crippen LogP contribution in [0, 0.1) is 18.7 Å². The highest BCUT2D eigenvalue weighted by atomic mass is 19.1. The van der Waals surface area contributed by atoms with Crippen molar-refractivity contribution < 1.29 is 23.5 Å². The van der Waals surface area contributed by atoms with E-state index in [2.05, 4.69) is 10.6 Å². The molecule has 1 saturated heterocycles. The topological polar surface area (TPSA) is 87.7 Å². The third kappa shape index (κ3) is 6.61. The predicted molar refractivity (Wildman–Crippen MR) is 122 cm³/mol. The molecular formula is C25H30FN3O4. The van der Waals surface area contributed by atoms with Gasteiger partial charge in [0.25, 0.3) is 11.8 Å². The third-order valence-corrected chi connectivity index (χ3v) is 5.84. The van der Waals surface area contributed by atoms with E-state index in [4.69, 9.17) is 4.74 Å². The van der Waals surface area contributed by atoms with Crippen LogP contribution in [0.5, 0.6) is 0 Å². The Hall–Kier alpha value is -3.26. The molecule has 2 aromatic rings. The molecule has 2 aromatic carbocycles. The lowest BCUT2D eigenvalue weighted by Gasteiger charge is -2.36. The largest absolute Gasteiger partial charge is 0.383 e. The molecule has 0 saturated carbocycles. The Morgan fingerprint density at radius 3 is 2.42 bits per heavy atom. The molecule has 0 aliphatic carbocycles. The zero-order chi connectivity index (χ0) is 23.8. The zero-order valence-corrected chi connectivity index (χ0v) is 19.0. The van der Waals surface area contributed by atoms with Gasteiger partial charge >= 0.3 is 0 Å². The Balaban J connectivity index is 1.67. The van der Waals surface area contributed by atoms with E-state index in [0.29, 0.717) is 44.6 Å². The van der Waals surface area contributed by atoms with Gasteiger partial charge in [0.15, 0.2) is 0 Å². The summed E-state index contributed by atoms with van der Waals surface area (Å²) < 4.78 is 18.2. The van der Waals surface area contributed by atoms with Crippen LogP contribution in [-0.2, 0) is 9.53 Å². The maximum atomic E-state index is 13.2. The maximum Gasteiger partial charge on any atom is 0.253 e. The Kier molecular flexibility index (Phi) is 8.54.